The predicted octanol–water partition coefficient (Wildman–Crippen LogP) is 33.7. The first-order valence-corrected chi connectivity index (χ1v) is 44.0. The van der Waals surface area contributed by atoms with E-state index in [0.717, 1.165) is 116 Å². The number of rotatable bonds is 9. The molecule has 0 aliphatic rings. The lowest BCUT2D eigenvalue weighted by Crippen LogP contribution is -1.93. The minimum atomic E-state index is 0.903. The van der Waals surface area contributed by atoms with Crippen molar-refractivity contribution in [3.63, 3.8) is 0 Å². The predicted molar refractivity (Wildman–Crippen MR) is 523 cm³/mol. The molecular formula is C114H69N3O3S3. The van der Waals surface area contributed by atoms with Gasteiger partial charge in [0.25, 0.3) is 0 Å². The highest BCUT2D eigenvalue weighted by atomic mass is 32.1. The van der Waals surface area contributed by atoms with E-state index in [2.05, 4.69) is 432 Å². The Morgan fingerprint density at radius 3 is 1.07 bits per heavy atom. The highest BCUT2D eigenvalue weighted by Crippen LogP contribution is 2.49. The van der Waals surface area contributed by atoms with Gasteiger partial charge in [0, 0.05) is 105 Å². The molecule has 0 radical (unpaired) electrons. The van der Waals surface area contributed by atoms with Crippen molar-refractivity contribution in [3.05, 3.63) is 419 Å². The monoisotopic (exact) mass is 1620 g/mol. The normalized spacial score (nSPS) is 11.9. The number of hydrogen-bond donors (Lipinski definition) is 0. The van der Waals surface area contributed by atoms with Crippen LogP contribution in [-0.2, 0) is 0 Å². The van der Waals surface area contributed by atoms with Gasteiger partial charge in [-0.15, -0.1) is 34.0 Å². The van der Waals surface area contributed by atoms with Crippen LogP contribution in [0.5, 0.6) is 0 Å². The number of para-hydroxylation sites is 6. The van der Waals surface area contributed by atoms with Crippen LogP contribution in [0.15, 0.2) is 432 Å². The highest BCUT2D eigenvalue weighted by Gasteiger charge is 2.26. The maximum Gasteiger partial charge on any atom is 0.161 e. The zero-order valence-electron chi connectivity index (χ0n) is 66.1. The first kappa shape index (κ1) is 70.6. The Morgan fingerprint density at radius 2 is 0.512 bits per heavy atom. The van der Waals surface area contributed by atoms with Gasteiger partial charge in [-0.1, -0.05) is 261 Å². The third kappa shape index (κ3) is 11.6. The van der Waals surface area contributed by atoms with E-state index in [1.807, 2.05) is 34.0 Å². The molecule has 18 aromatic carbocycles. The van der Waals surface area contributed by atoms with E-state index in [1.165, 1.54) is 127 Å². The standard InChI is InChI=1S/3C38H23NOS/c1-2-13-26(14-3-1)39-32-20-6-4-16-31(32)37-36(39)35-27(17-10-21-33(35)40-37)24-11-8-12-25(23-24)28-18-9-19-30-29-15-5-7-22-34(29)41-38(28)30;1-2-12-27(13-3-1)39-32-17-6-4-14-29(32)38-37(39)31-23-25(20-21-33(31)40-38)24-10-8-11-26(22-24)28-16-9-19-35-36(28)30-15-5-7-18-34(30)41-35;1-2-11-28(12-3-1)39-33-15-6-4-14-30(33)38-37(39)32-23-26(17-19-34(32)40-38)24-9-8-10-25(21-24)27-18-20-36-31(22-27)29-13-5-7-16-35(29)41-36/h3*1-23H. The van der Waals surface area contributed by atoms with Crippen molar-refractivity contribution in [2.45, 2.75) is 0 Å². The molecule has 0 saturated carbocycles. The molecule has 6 nitrogen and oxygen atoms in total. The Bertz CT molecular complexity index is 8910. The van der Waals surface area contributed by atoms with Gasteiger partial charge in [0.05, 0.1) is 21.9 Å². The van der Waals surface area contributed by atoms with Gasteiger partial charge < -0.3 is 27.0 Å². The van der Waals surface area contributed by atoms with Crippen molar-refractivity contribution in [1.29, 1.82) is 0 Å². The minimum Gasteiger partial charge on any atom is -0.454 e. The summed E-state index contributed by atoms with van der Waals surface area (Å²) in [6, 6.07) is 150. The molecular weight excluding hydrogens is 1560 g/mol. The summed E-state index contributed by atoms with van der Waals surface area (Å²) in [5.41, 5.74) is 30.2. The lowest BCUT2D eigenvalue weighted by atomic mass is 9.95. The molecule has 0 spiro atoms. The number of nitrogens with zero attached hydrogens (tertiary/aromatic N) is 3. The SMILES string of the molecule is c1ccc(-n2c3ccccc3c3oc4ccc(-c5cccc(-c6ccc7sc8ccccc8c7c6)c5)cc4c32)cc1.c1ccc(-n2c3ccccc3c3oc4ccc(-c5cccc(-c6cccc7sc8ccccc8c67)c5)cc4c32)cc1.c1ccc(-n2c3ccccc3c3oc4cccc(-c5cccc(-c6cccc7c6sc6ccccc67)c5)c4c32)cc1. The molecule has 0 aliphatic heterocycles. The molecule has 9 heterocycles. The zero-order valence-corrected chi connectivity index (χ0v) is 68.6. The molecule has 0 bridgehead atoms. The summed E-state index contributed by atoms with van der Waals surface area (Å²) in [5, 5.41) is 14.7. The van der Waals surface area contributed by atoms with E-state index >= 15 is 0 Å². The second-order valence-corrected chi connectivity index (χ2v) is 34.8. The molecule has 576 valence electrons. The molecule has 27 aromatic rings. The topological polar surface area (TPSA) is 54.2 Å². The van der Waals surface area contributed by atoms with E-state index in [9.17, 15) is 0 Å². The van der Waals surface area contributed by atoms with Gasteiger partial charge >= 0.3 is 0 Å². The molecule has 27 rings (SSSR count). The summed E-state index contributed by atoms with van der Waals surface area (Å²) in [7, 11) is 0. The Hall–Kier alpha value is -15.4. The largest absolute Gasteiger partial charge is 0.454 e. The number of furan rings is 3. The van der Waals surface area contributed by atoms with Crippen LogP contribution >= 0.6 is 34.0 Å². The maximum atomic E-state index is 6.62. The van der Waals surface area contributed by atoms with Crippen LogP contribution in [0.1, 0.15) is 0 Å². The number of thiophene rings is 3. The van der Waals surface area contributed by atoms with E-state index in [1.54, 1.807) is 0 Å². The third-order valence-corrected chi connectivity index (χ3v) is 28.1. The van der Waals surface area contributed by atoms with Gasteiger partial charge in [0.1, 0.15) is 33.3 Å². The Morgan fingerprint density at radius 1 is 0.179 bits per heavy atom. The van der Waals surface area contributed by atoms with E-state index in [-0.39, 0.29) is 0 Å². The van der Waals surface area contributed by atoms with Gasteiger partial charge in [-0.2, -0.15) is 0 Å². The maximum absolute atomic E-state index is 6.62. The van der Waals surface area contributed by atoms with Crippen LogP contribution in [0.3, 0.4) is 0 Å². The van der Waals surface area contributed by atoms with Gasteiger partial charge in [-0.05, 0) is 224 Å². The van der Waals surface area contributed by atoms with Gasteiger partial charge in [-0.3, -0.25) is 0 Å². The lowest BCUT2D eigenvalue weighted by Gasteiger charge is -2.11. The van der Waals surface area contributed by atoms with Gasteiger partial charge in [0.15, 0.2) is 16.7 Å². The summed E-state index contributed by atoms with van der Waals surface area (Å²) >= 11 is 5.60. The summed E-state index contributed by atoms with van der Waals surface area (Å²) in [6.07, 6.45) is 0. The summed E-state index contributed by atoms with van der Waals surface area (Å²) in [4.78, 5) is 0. The quantitative estimate of drug-likeness (QED) is 0.145. The lowest BCUT2D eigenvalue weighted by molar-refractivity contribution is 0.672. The molecule has 0 unspecified atom stereocenters. The van der Waals surface area contributed by atoms with Crippen molar-refractivity contribution < 1.29 is 13.3 Å². The average Bonchev–Trinajstić information content (AvgIpc) is 1.56. The fraction of sp³-hybridized carbons (Fsp3) is 0. The van der Waals surface area contributed by atoms with Crippen LogP contribution < -0.4 is 0 Å². The molecule has 0 N–H and O–H groups in total. The first-order valence-electron chi connectivity index (χ1n) is 41.6. The minimum absolute atomic E-state index is 0.903. The van der Waals surface area contributed by atoms with E-state index in [4.69, 9.17) is 13.3 Å². The van der Waals surface area contributed by atoms with Crippen molar-refractivity contribution in [3.8, 4) is 83.8 Å². The summed E-state index contributed by atoms with van der Waals surface area (Å²) < 4.78 is 34.6. The van der Waals surface area contributed by atoms with Crippen LogP contribution in [-0.4, -0.2) is 13.7 Å². The fourth-order valence-electron chi connectivity index (χ4n) is 19.1. The molecule has 0 fully saturated rings. The summed E-state index contributed by atoms with van der Waals surface area (Å²) in [6.45, 7) is 0. The Kier molecular flexibility index (Phi) is 16.5. The molecule has 9 heteroatoms. The number of fused-ring (bicyclic) bond motifs is 24. The Labute approximate surface area is 717 Å². The van der Waals surface area contributed by atoms with Crippen LogP contribution in [0.2, 0.25) is 0 Å². The highest BCUT2D eigenvalue weighted by molar-refractivity contribution is 7.27. The van der Waals surface area contributed by atoms with Crippen molar-refractivity contribution >= 4 is 193 Å². The van der Waals surface area contributed by atoms with Crippen molar-refractivity contribution in [2.24, 2.45) is 0 Å². The van der Waals surface area contributed by atoms with Crippen LogP contribution in [0.4, 0.5) is 0 Å². The van der Waals surface area contributed by atoms with Crippen molar-refractivity contribution in [2.75, 3.05) is 0 Å². The second kappa shape index (κ2) is 28.7. The third-order valence-electron chi connectivity index (χ3n) is 24.6. The number of benzene rings is 18. The molecule has 0 amide bonds. The fourth-order valence-corrected chi connectivity index (χ4v) is 22.5. The van der Waals surface area contributed by atoms with Crippen LogP contribution in [0.25, 0.3) is 243 Å². The molecule has 0 saturated heterocycles. The number of hydrogen-bond acceptors (Lipinski definition) is 6. The van der Waals surface area contributed by atoms with Gasteiger partial charge in [-0.25, -0.2) is 0 Å². The van der Waals surface area contributed by atoms with E-state index in [0.29, 0.717) is 0 Å². The number of aromatic nitrogens is 3. The Balaban J connectivity index is 0.000000101. The molecule has 123 heavy (non-hydrogen) atoms. The van der Waals surface area contributed by atoms with E-state index < -0.39 is 0 Å². The zero-order chi connectivity index (χ0) is 80.7. The average molecular weight is 1630 g/mol. The summed E-state index contributed by atoms with van der Waals surface area (Å²) in [5.74, 6) is 0. The first-order chi connectivity index (χ1) is 61.0. The van der Waals surface area contributed by atoms with Gasteiger partial charge in [0.2, 0.25) is 0 Å². The van der Waals surface area contributed by atoms with Crippen LogP contribution in [0, 0.1) is 0 Å². The van der Waals surface area contributed by atoms with Crippen molar-refractivity contribution in [1.82, 2.24) is 13.7 Å². The second-order valence-electron chi connectivity index (χ2n) is 31.6. The molecule has 0 atom stereocenters. The molecule has 0 aliphatic carbocycles. The molecule has 9 aromatic heterocycles. The smallest absolute Gasteiger partial charge is 0.161 e.